The van der Waals surface area contributed by atoms with Crippen molar-refractivity contribution in [2.24, 2.45) is 0 Å². The highest BCUT2D eigenvalue weighted by Crippen LogP contribution is 2.29. The van der Waals surface area contributed by atoms with Gasteiger partial charge in [0.15, 0.2) is 0 Å². The van der Waals surface area contributed by atoms with E-state index in [-0.39, 0.29) is 5.56 Å². The van der Waals surface area contributed by atoms with Crippen LogP contribution in [0.25, 0.3) is 27.7 Å². The van der Waals surface area contributed by atoms with Crippen molar-refractivity contribution in [1.82, 2.24) is 24.1 Å². The van der Waals surface area contributed by atoms with E-state index in [0.717, 1.165) is 39.0 Å². The molecule has 8 nitrogen and oxygen atoms in total. The van der Waals surface area contributed by atoms with Gasteiger partial charge in [0.2, 0.25) is 0 Å². The molecule has 162 valence electrons. The number of aromatic nitrogens is 4. The highest BCUT2D eigenvalue weighted by atomic mass is 32.2. The molecule has 1 unspecified atom stereocenters. The van der Waals surface area contributed by atoms with Crippen LogP contribution in [0, 0.1) is 0 Å². The second-order valence-electron chi connectivity index (χ2n) is 7.57. The molecule has 4 heterocycles. The second kappa shape index (κ2) is 8.54. The van der Waals surface area contributed by atoms with Gasteiger partial charge in [0.25, 0.3) is 5.56 Å². The van der Waals surface area contributed by atoms with E-state index < -0.39 is 11.3 Å². The summed E-state index contributed by atoms with van der Waals surface area (Å²) in [7, 11) is 0. The summed E-state index contributed by atoms with van der Waals surface area (Å²) in [5.41, 5.74) is 6.30. The largest absolute Gasteiger partial charge is 0.760 e. The number of hydrogen-bond donors (Lipinski definition) is 3. The Hall–Kier alpha value is -3.53. The molecule has 5 aromatic rings. The molecule has 0 aliphatic heterocycles. The zero-order chi connectivity index (χ0) is 22.1. The van der Waals surface area contributed by atoms with Gasteiger partial charge in [-0.2, -0.15) is 0 Å². The van der Waals surface area contributed by atoms with E-state index in [1.807, 2.05) is 59.3 Å². The first kappa shape index (κ1) is 20.4. The van der Waals surface area contributed by atoms with E-state index in [1.54, 1.807) is 12.4 Å². The number of hydrogen-bond acceptors (Lipinski definition) is 4. The van der Waals surface area contributed by atoms with Crippen molar-refractivity contribution >= 4 is 27.8 Å². The number of pyridine rings is 1. The zero-order valence-corrected chi connectivity index (χ0v) is 17.8. The summed E-state index contributed by atoms with van der Waals surface area (Å²) >= 11 is -2.24. The van der Waals surface area contributed by atoms with Crippen molar-refractivity contribution in [3.8, 4) is 11.1 Å². The molecule has 0 fully saturated rings. The predicted octanol–water partition coefficient (Wildman–Crippen LogP) is 2.69. The Morgan fingerprint density at radius 2 is 1.91 bits per heavy atom. The van der Waals surface area contributed by atoms with Crippen LogP contribution in [0.15, 0.2) is 72.0 Å². The van der Waals surface area contributed by atoms with Gasteiger partial charge in [-0.1, -0.05) is 24.3 Å². The quantitative estimate of drug-likeness (QED) is 0.333. The van der Waals surface area contributed by atoms with Gasteiger partial charge in [-0.15, -0.1) is 0 Å². The molecule has 4 aromatic heterocycles. The van der Waals surface area contributed by atoms with Crippen molar-refractivity contribution < 1.29 is 8.76 Å². The minimum atomic E-state index is -2.24. The monoisotopic (exact) mass is 446 g/mol. The lowest BCUT2D eigenvalue weighted by atomic mass is 10.1. The molecule has 0 amide bonds. The number of fused-ring (bicyclic) bond motifs is 2. The van der Waals surface area contributed by atoms with Crippen LogP contribution >= 0.6 is 0 Å². The Morgan fingerprint density at radius 1 is 1.09 bits per heavy atom. The van der Waals surface area contributed by atoms with Crippen LogP contribution in [-0.4, -0.2) is 34.7 Å². The summed E-state index contributed by atoms with van der Waals surface area (Å²) in [5, 5.41) is 1.01. The first-order valence-corrected chi connectivity index (χ1v) is 11.2. The molecule has 0 aliphatic rings. The lowest BCUT2D eigenvalue weighted by Crippen LogP contribution is -2.19. The van der Waals surface area contributed by atoms with E-state index in [9.17, 15) is 13.6 Å². The van der Waals surface area contributed by atoms with Crippen molar-refractivity contribution in [2.75, 3.05) is 6.54 Å². The summed E-state index contributed by atoms with van der Waals surface area (Å²) in [6.45, 7) is 0.367. The highest BCUT2D eigenvalue weighted by Gasteiger charge is 2.13. The number of rotatable bonds is 7. The first-order chi connectivity index (χ1) is 15.6. The Labute approximate surface area is 185 Å². The van der Waals surface area contributed by atoms with Gasteiger partial charge in [0, 0.05) is 71.2 Å². The number of H-pyrrole nitrogens is 2. The van der Waals surface area contributed by atoms with Crippen LogP contribution in [0.5, 0.6) is 0 Å². The molecule has 0 bridgehead atoms. The van der Waals surface area contributed by atoms with E-state index >= 15 is 0 Å². The van der Waals surface area contributed by atoms with Gasteiger partial charge in [-0.3, -0.25) is 9.00 Å². The average molecular weight is 447 g/mol. The molecule has 9 heteroatoms. The van der Waals surface area contributed by atoms with E-state index in [0.29, 0.717) is 24.9 Å². The van der Waals surface area contributed by atoms with E-state index in [4.69, 9.17) is 0 Å². The lowest BCUT2D eigenvalue weighted by molar-refractivity contribution is 0.523. The standard InChI is InChI=1S/C23H21N5O3S/c29-23-21-11-17(20-13-25-22-19(20)2-1-8-24-22)14-28(21)18(12-26-23)10-16-5-3-15(4-6-16)7-9-27-32(30)31/h1-6,8,11-14,27H,7,9-10H2,(H,24,25)(H,26,29)(H,30,31)/p-1. The highest BCUT2D eigenvalue weighted by molar-refractivity contribution is 7.77. The fourth-order valence-corrected chi connectivity index (χ4v) is 4.23. The SMILES string of the molecule is O=c1[nH]cc(Cc2ccc(CCNS(=O)[O-])cc2)n2cc(-c3c[nH]c4ncccc34)cc12. The van der Waals surface area contributed by atoms with Crippen molar-refractivity contribution in [2.45, 2.75) is 12.8 Å². The molecule has 0 aliphatic carbocycles. The molecule has 5 rings (SSSR count). The van der Waals surface area contributed by atoms with Gasteiger partial charge in [0.05, 0.1) is 0 Å². The fraction of sp³-hybridized carbons (Fsp3) is 0.130. The summed E-state index contributed by atoms with van der Waals surface area (Å²) in [6.07, 6.45) is 8.65. The van der Waals surface area contributed by atoms with Crippen molar-refractivity contribution in [3.05, 3.63) is 94.4 Å². The molecule has 0 radical (unpaired) electrons. The van der Waals surface area contributed by atoms with Crippen molar-refractivity contribution in [3.63, 3.8) is 0 Å². The molecule has 32 heavy (non-hydrogen) atoms. The summed E-state index contributed by atoms with van der Waals surface area (Å²) in [4.78, 5) is 22.8. The number of benzene rings is 1. The molecule has 1 atom stereocenters. The van der Waals surface area contributed by atoms with Crippen LogP contribution in [0.3, 0.4) is 0 Å². The summed E-state index contributed by atoms with van der Waals surface area (Å²) < 4.78 is 25.5. The first-order valence-electron chi connectivity index (χ1n) is 10.1. The molecule has 0 saturated carbocycles. The Kier molecular flexibility index (Phi) is 5.44. The van der Waals surface area contributed by atoms with Crippen LogP contribution in [0.1, 0.15) is 16.8 Å². The Bertz CT molecular complexity index is 1480. The zero-order valence-electron chi connectivity index (χ0n) is 17.0. The van der Waals surface area contributed by atoms with Crippen LogP contribution < -0.4 is 10.3 Å². The molecular weight excluding hydrogens is 426 g/mol. The van der Waals surface area contributed by atoms with Gasteiger partial charge >= 0.3 is 0 Å². The number of nitrogens with zero attached hydrogens (tertiary/aromatic N) is 2. The minimum absolute atomic E-state index is 0.142. The van der Waals surface area contributed by atoms with Gasteiger partial charge in [-0.25, -0.2) is 9.71 Å². The Balaban J connectivity index is 1.44. The Morgan fingerprint density at radius 3 is 2.72 bits per heavy atom. The van der Waals surface area contributed by atoms with E-state index in [2.05, 4.69) is 19.7 Å². The van der Waals surface area contributed by atoms with Gasteiger partial charge in [0.1, 0.15) is 11.2 Å². The van der Waals surface area contributed by atoms with Gasteiger partial charge < -0.3 is 18.9 Å². The number of aromatic amines is 2. The third-order valence-corrected chi connectivity index (χ3v) is 5.98. The number of nitrogens with one attached hydrogen (secondary N) is 3. The maximum atomic E-state index is 12.5. The summed E-state index contributed by atoms with van der Waals surface area (Å²) in [6, 6.07) is 13.8. The van der Waals surface area contributed by atoms with Crippen molar-refractivity contribution in [1.29, 1.82) is 0 Å². The second-order valence-corrected chi connectivity index (χ2v) is 8.33. The minimum Gasteiger partial charge on any atom is -0.760 e. The maximum Gasteiger partial charge on any atom is 0.272 e. The third-order valence-electron chi connectivity index (χ3n) is 5.54. The van der Waals surface area contributed by atoms with Crippen LogP contribution in [0.4, 0.5) is 0 Å². The molecular formula is C23H20N5O3S-. The van der Waals surface area contributed by atoms with Crippen LogP contribution in [-0.2, 0) is 24.1 Å². The lowest BCUT2D eigenvalue weighted by Gasteiger charge is -2.09. The molecule has 0 spiro atoms. The predicted molar refractivity (Wildman–Crippen MR) is 123 cm³/mol. The normalized spacial score (nSPS) is 12.5. The van der Waals surface area contributed by atoms with Gasteiger partial charge in [-0.05, 0) is 35.7 Å². The molecule has 0 saturated heterocycles. The average Bonchev–Trinajstić information content (AvgIpc) is 3.42. The third kappa shape index (κ3) is 4.01. The maximum absolute atomic E-state index is 12.5. The smallest absolute Gasteiger partial charge is 0.272 e. The van der Waals surface area contributed by atoms with Crippen LogP contribution in [0.2, 0.25) is 0 Å². The molecule has 3 N–H and O–H groups in total. The summed E-state index contributed by atoms with van der Waals surface area (Å²) in [5.74, 6) is 0. The topological polar surface area (TPSA) is 118 Å². The van der Waals surface area contributed by atoms with E-state index in [1.165, 1.54) is 0 Å². The molecule has 1 aromatic carbocycles. The fourth-order valence-electron chi connectivity index (χ4n) is 3.96.